The van der Waals surface area contributed by atoms with Crippen molar-refractivity contribution in [2.24, 2.45) is 11.8 Å². The van der Waals surface area contributed by atoms with Gasteiger partial charge in [0.2, 0.25) is 0 Å². The second-order valence-corrected chi connectivity index (χ2v) is 5.69. The number of amides is 1. The zero-order valence-corrected chi connectivity index (χ0v) is 11.6. The molecule has 0 bridgehead atoms. The van der Waals surface area contributed by atoms with Gasteiger partial charge in [-0.1, -0.05) is 25.4 Å². The third-order valence-electron chi connectivity index (χ3n) is 3.70. The van der Waals surface area contributed by atoms with Crippen LogP contribution in [-0.4, -0.2) is 23.9 Å². The fourth-order valence-corrected chi connectivity index (χ4v) is 2.54. The van der Waals surface area contributed by atoms with Gasteiger partial charge in [-0.15, -0.1) is 0 Å². The van der Waals surface area contributed by atoms with Crippen LogP contribution in [0.2, 0.25) is 5.02 Å². The van der Waals surface area contributed by atoms with Crippen molar-refractivity contribution in [2.45, 2.75) is 20.3 Å². The first-order valence-corrected chi connectivity index (χ1v) is 6.71. The van der Waals surface area contributed by atoms with E-state index in [-0.39, 0.29) is 5.91 Å². The molecular formula is C14H19ClN2O. The Labute approximate surface area is 113 Å². The van der Waals surface area contributed by atoms with Crippen LogP contribution in [0.15, 0.2) is 18.2 Å². The quantitative estimate of drug-likeness (QED) is 0.837. The Morgan fingerprint density at radius 2 is 2.22 bits per heavy atom. The van der Waals surface area contributed by atoms with Crippen molar-refractivity contribution < 1.29 is 4.79 Å². The molecule has 1 unspecified atom stereocenters. The molecule has 0 radical (unpaired) electrons. The molecule has 3 nitrogen and oxygen atoms in total. The van der Waals surface area contributed by atoms with Gasteiger partial charge in [-0.05, 0) is 36.5 Å². The van der Waals surface area contributed by atoms with Gasteiger partial charge in [0.05, 0.1) is 10.7 Å². The molecule has 0 saturated carbocycles. The van der Waals surface area contributed by atoms with Gasteiger partial charge in [-0.3, -0.25) is 4.79 Å². The van der Waals surface area contributed by atoms with E-state index >= 15 is 0 Å². The Morgan fingerprint density at radius 3 is 2.78 bits per heavy atom. The van der Waals surface area contributed by atoms with E-state index in [1.165, 1.54) is 0 Å². The number of nitrogen functional groups attached to an aromatic ring is 1. The maximum absolute atomic E-state index is 12.3. The molecule has 2 rings (SSSR count). The average Bonchev–Trinajstić information content (AvgIpc) is 2.81. The lowest BCUT2D eigenvalue weighted by molar-refractivity contribution is 0.0784. The topological polar surface area (TPSA) is 46.3 Å². The van der Waals surface area contributed by atoms with Crippen molar-refractivity contribution in [3.8, 4) is 0 Å². The molecule has 0 aromatic heterocycles. The molecule has 1 saturated heterocycles. The van der Waals surface area contributed by atoms with Crippen molar-refractivity contribution in [1.29, 1.82) is 0 Å². The fourth-order valence-electron chi connectivity index (χ4n) is 2.36. The third-order valence-corrected chi connectivity index (χ3v) is 4.03. The Morgan fingerprint density at radius 1 is 1.50 bits per heavy atom. The summed E-state index contributed by atoms with van der Waals surface area (Å²) in [4.78, 5) is 14.2. The number of nitrogens with zero attached hydrogens (tertiary/aromatic N) is 1. The van der Waals surface area contributed by atoms with Gasteiger partial charge in [-0.25, -0.2) is 0 Å². The van der Waals surface area contributed by atoms with E-state index in [1.54, 1.807) is 18.2 Å². The predicted octanol–water partition coefficient (Wildman–Crippen LogP) is 3.04. The minimum Gasteiger partial charge on any atom is -0.398 e. The molecule has 0 aliphatic carbocycles. The summed E-state index contributed by atoms with van der Waals surface area (Å²) in [6.07, 6.45) is 1.09. The summed E-state index contributed by atoms with van der Waals surface area (Å²) in [5.41, 5.74) is 6.78. The summed E-state index contributed by atoms with van der Waals surface area (Å²) in [6, 6.07) is 5.08. The van der Waals surface area contributed by atoms with E-state index in [2.05, 4.69) is 13.8 Å². The van der Waals surface area contributed by atoms with Gasteiger partial charge < -0.3 is 10.6 Å². The van der Waals surface area contributed by atoms with Gasteiger partial charge in [-0.2, -0.15) is 0 Å². The van der Waals surface area contributed by atoms with Gasteiger partial charge in [0, 0.05) is 18.7 Å². The molecule has 18 heavy (non-hydrogen) atoms. The molecule has 1 heterocycles. The van der Waals surface area contributed by atoms with Crippen LogP contribution < -0.4 is 5.73 Å². The number of anilines is 1. The summed E-state index contributed by atoms with van der Waals surface area (Å²) in [5.74, 6) is 1.29. The highest BCUT2D eigenvalue weighted by Gasteiger charge is 2.28. The van der Waals surface area contributed by atoms with E-state index < -0.39 is 0 Å². The molecule has 98 valence electrons. The van der Waals surface area contributed by atoms with Gasteiger partial charge >= 0.3 is 0 Å². The zero-order chi connectivity index (χ0) is 13.3. The van der Waals surface area contributed by atoms with Crippen molar-refractivity contribution >= 4 is 23.2 Å². The number of hydrogen-bond acceptors (Lipinski definition) is 2. The third kappa shape index (κ3) is 2.61. The van der Waals surface area contributed by atoms with Crippen molar-refractivity contribution in [1.82, 2.24) is 4.90 Å². The molecule has 4 heteroatoms. The van der Waals surface area contributed by atoms with Crippen LogP contribution in [0.1, 0.15) is 30.6 Å². The normalized spacial score (nSPS) is 19.6. The highest BCUT2D eigenvalue weighted by molar-refractivity contribution is 6.33. The maximum atomic E-state index is 12.3. The Balaban J connectivity index is 2.10. The summed E-state index contributed by atoms with van der Waals surface area (Å²) >= 11 is 5.95. The molecule has 1 atom stereocenters. The molecule has 0 spiro atoms. The lowest BCUT2D eigenvalue weighted by Gasteiger charge is -2.18. The van der Waals surface area contributed by atoms with Crippen LogP contribution in [0.25, 0.3) is 0 Å². The number of nitrogens with two attached hydrogens (primary N) is 1. The molecule has 1 aromatic carbocycles. The SMILES string of the molecule is CC(C)C1CCN(C(=O)c2ccc(N)c(Cl)c2)C1. The Bertz CT molecular complexity index is 459. The van der Waals surface area contributed by atoms with Gasteiger partial charge in [0.15, 0.2) is 0 Å². The van der Waals surface area contributed by atoms with Gasteiger partial charge in [0.1, 0.15) is 0 Å². The average molecular weight is 267 g/mol. The van der Waals surface area contributed by atoms with E-state index in [9.17, 15) is 4.79 Å². The number of carbonyl (C=O) groups excluding carboxylic acids is 1. The van der Waals surface area contributed by atoms with Crippen LogP contribution in [0.4, 0.5) is 5.69 Å². The second kappa shape index (κ2) is 5.19. The maximum Gasteiger partial charge on any atom is 0.253 e. The van der Waals surface area contributed by atoms with Crippen molar-refractivity contribution in [3.63, 3.8) is 0 Å². The van der Waals surface area contributed by atoms with Crippen LogP contribution in [-0.2, 0) is 0 Å². The first kappa shape index (κ1) is 13.2. The van der Waals surface area contributed by atoms with Crippen LogP contribution >= 0.6 is 11.6 Å². The summed E-state index contributed by atoms with van der Waals surface area (Å²) in [7, 11) is 0. The van der Waals surface area contributed by atoms with E-state index in [0.29, 0.717) is 28.1 Å². The highest BCUT2D eigenvalue weighted by Crippen LogP contribution is 2.26. The lowest BCUT2D eigenvalue weighted by Crippen LogP contribution is -2.29. The number of hydrogen-bond donors (Lipinski definition) is 1. The lowest BCUT2D eigenvalue weighted by atomic mass is 9.95. The minimum atomic E-state index is 0.0556. The second-order valence-electron chi connectivity index (χ2n) is 5.28. The molecular weight excluding hydrogens is 248 g/mol. The Kier molecular flexibility index (Phi) is 3.81. The smallest absolute Gasteiger partial charge is 0.253 e. The van der Waals surface area contributed by atoms with Crippen molar-refractivity contribution in [3.05, 3.63) is 28.8 Å². The molecule has 1 fully saturated rings. The van der Waals surface area contributed by atoms with E-state index in [0.717, 1.165) is 19.5 Å². The van der Waals surface area contributed by atoms with E-state index in [1.807, 2.05) is 4.90 Å². The number of halogens is 1. The molecule has 1 aromatic rings. The number of benzene rings is 1. The minimum absolute atomic E-state index is 0.0556. The van der Waals surface area contributed by atoms with Crippen LogP contribution in [0.5, 0.6) is 0 Å². The largest absolute Gasteiger partial charge is 0.398 e. The summed E-state index contributed by atoms with van der Waals surface area (Å²) in [5, 5.41) is 0.445. The fraction of sp³-hybridized carbons (Fsp3) is 0.500. The highest BCUT2D eigenvalue weighted by atomic mass is 35.5. The standard InChI is InChI=1S/C14H19ClN2O/c1-9(2)11-5-6-17(8-11)14(18)10-3-4-13(16)12(15)7-10/h3-4,7,9,11H,5-6,8,16H2,1-2H3. The number of rotatable bonds is 2. The first-order chi connectivity index (χ1) is 8.49. The number of likely N-dealkylation sites (tertiary alicyclic amines) is 1. The molecule has 2 N–H and O–H groups in total. The molecule has 1 aliphatic rings. The van der Waals surface area contributed by atoms with Crippen LogP contribution in [0, 0.1) is 11.8 Å². The first-order valence-electron chi connectivity index (χ1n) is 6.33. The van der Waals surface area contributed by atoms with Gasteiger partial charge in [0.25, 0.3) is 5.91 Å². The zero-order valence-electron chi connectivity index (χ0n) is 10.8. The van der Waals surface area contributed by atoms with Crippen LogP contribution in [0.3, 0.4) is 0 Å². The summed E-state index contributed by atoms with van der Waals surface area (Å²) in [6.45, 7) is 6.10. The van der Waals surface area contributed by atoms with Crippen molar-refractivity contribution in [2.75, 3.05) is 18.8 Å². The molecule has 1 aliphatic heterocycles. The predicted molar refractivity (Wildman–Crippen MR) is 74.7 cm³/mol. The molecule has 1 amide bonds. The summed E-state index contributed by atoms with van der Waals surface area (Å²) < 4.78 is 0. The van der Waals surface area contributed by atoms with E-state index in [4.69, 9.17) is 17.3 Å². The monoisotopic (exact) mass is 266 g/mol. The number of carbonyl (C=O) groups is 1. The Hall–Kier alpha value is -1.22.